The number of hydrogen-bond acceptors (Lipinski definition) is 7. The van der Waals surface area contributed by atoms with Crippen LogP contribution in [0.1, 0.15) is 38.5 Å². The zero-order chi connectivity index (χ0) is 25.1. The molecule has 0 aliphatic rings. The van der Waals surface area contributed by atoms with Crippen LogP contribution in [0.5, 0.6) is 0 Å². The standard InChI is InChI=1S/C22H34N4O7/c1-16(9-11-20(29)30)24-13-5-3-7-17(15-27)26-22(33)18(23-2)8-4-6-14-25-19(28)10-12-21(31)32/h9-12,15,17-18,23-24H,1,3-8,13-14H2,2H3,(H,25,28)(H,26,33)(H,29,30)(H,31,32)/b11-9+,12-10+. The first kappa shape index (κ1) is 29.5. The summed E-state index contributed by atoms with van der Waals surface area (Å²) in [7, 11) is 1.65. The molecule has 0 fully saturated rings. The number of carbonyl (C=O) groups is 5. The van der Waals surface area contributed by atoms with E-state index in [9.17, 15) is 24.0 Å². The molecule has 2 amide bonds. The van der Waals surface area contributed by atoms with Gasteiger partial charge in [-0.3, -0.25) is 9.59 Å². The minimum Gasteiger partial charge on any atom is -0.478 e. The van der Waals surface area contributed by atoms with E-state index in [0.717, 1.165) is 18.2 Å². The third kappa shape index (κ3) is 16.8. The van der Waals surface area contributed by atoms with E-state index in [4.69, 9.17) is 10.2 Å². The summed E-state index contributed by atoms with van der Waals surface area (Å²) in [5.74, 6) is -3.03. The van der Waals surface area contributed by atoms with Gasteiger partial charge in [0, 0.05) is 37.0 Å². The molecule has 33 heavy (non-hydrogen) atoms. The molecule has 0 saturated heterocycles. The second kappa shape index (κ2) is 18.1. The molecule has 0 spiro atoms. The van der Waals surface area contributed by atoms with Crippen LogP contribution in [-0.2, 0) is 24.0 Å². The number of amides is 2. The number of aldehydes is 1. The van der Waals surface area contributed by atoms with Crippen LogP contribution in [0, 0.1) is 0 Å². The molecule has 0 aromatic carbocycles. The summed E-state index contributed by atoms with van der Waals surface area (Å²) < 4.78 is 0. The SMILES string of the molecule is C=C(/C=C/C(=O)O)NCCCCC(C=O)NC(=O)C(CCCCNC(=O)/C=C/C(=O)O)NC. The van der Waals surface area contributed by atoms with Crippen molar-refractivity contribution in [3.8, 4) is 0 Å². The van der Waals surface area contributed by atoms with E-state index in [0.29, 0.717) is 63.6 Å². The van der Waals surface area contributed by atoms with Crippen LogP contribution in [-0.4, -0.2) is 72.5 Å². The average Bonchev–Trinajstić information content (AvgIpc) is 2.77. The molecule has 2 unspecified atom stereocenters. The number of rotatable bonds is 19. The summed E-state index contributed by atoms with van der Waals surface area (Å²) in [6.07, 6.45) is 8.35. The molecule has 0 heterocycles. The first-order chi connectivity index (χ1) is 15.7. The van der Waals surface area contributed by atoms with Crippen molar-refractivity contribution in [3.05, 3.63) is 36.6 Å². The van der Waals surface area contributed by atoms with Gasteiger partial charge in [0.2, 0.25) is 11.8 Å². The number of hydrogen-bond donors (Lipinski definition) is 6. The van der Waals surface area contributed by atoms with Crippen LogP contribution in [0.25, 0.3) is 0 Å². The number of unbranched alkanes of at least 4 members (excludes halogenated alkanes) is 2. The van der Waals surface area contributed by atoms with Gasteiger partial charge in [0.05, 0.1) is 12.1 Å². The van der Waals surface area contributed by atoms with Crippen LogP contribution >= 0.6 is 0 Å². The molecule has 0 saturated carbocycles. The van der Waals surface area contributed by atoms with Gasteiger partial charge in [-0.1, -0.05) is 6.58 Å². The van der Waals surface area contributed by atoms with Crippen LogP contribution in [0.3, 0.4) is 0 Å². The van der Waals surface area contributed by atoms with E-state index >= 15 is 0 Å². The lowest BCUT2D eigenvalue weighted by atomic mass is 10.1. The topological polar surface area (TPSA) is 174 Å². The molecule has 2 atom stereocenters. The summed E-state index contributed by atoms with van der Waals surface area (Å²) in [6, 6.07) is -1.09. The van der Waals surface area contributed by atoms with Crippen LogP contribution in [0.15, 0.2) is 36.6 Å². The van der Waals surface area contributed by atoms with E-state index in [1.54, 1.807) is 7.05 Å². The lowest BCUT2D eigenvalue weighted by Crippen LogP contribution is -2.47. The molecule has 0 aliphatic heterocycles. The van der Waals surface area contributed by atoms with Gasteiger partial charge in [-0.2, -0.15) is 0 Å². The predicted octanol–water partition coefficient (Wildman–Crippen LogP) is 0.0998. The molecular formula is C22H34N4O7. The Hall–Kier alpha value is -3.47. The van der Waals surface area contributed by atoms with Gasteiger partial charge in [-0.15, -0.1) is 0 Å². The van der Waals surface area contributed by atoms with E-state index < -0.39 is 29.9 Å². The first-order valence-corrected chi connectivity index (χ1v) is 10.6. The number of allylic oxidation sites excluding steroid dienone is 1. The van der Waals surface area contributed by atoms with Crippen molar-refractivity contribution in [2.45, 2.75) is 50.6 Å². The number of likely N-dealkylation sites (N-methyl/N-ethyl adjacent to an activating group) is 1. The number of carboxylic acid groups (broad SMARTS) is 2. The Kier molecular flexibility index (Phi) is 16.2. The number of carbonyl (C=O) groups excluding carboxylic acids is 3. The van der Waals surface area contributed by atoms with Crippen molar-refractivity contribution in [1.82, 2.24) is 21.3 Å². The third-order valence-electron chi connectivity index (χ3n) is 4.47. The van der Waals surface area contributed by atoms with Gasteiger partial charge in [0.15, 0.2) is 0 Å². The quantitative estimate of drug-likeness (QED) is 0.0667. The first-order valence-electron chi connectivity index (χ1n) is 10.6. The van der Waals surface area contributed by atoms with Crippen LogP contribution in [0.4, 0.5) is 0 Å². The van der Waals surface area contributed by atoms with Crippen molar-refractivity contribution in [2.75, 3.05) is 20.1 Å². The highest BCUT2D eigenvalue weighted by Crippen LogP contribution is 2.04. The van der Waals surface area contributed by atoms with E-state index in [1.807, 2.05) is 0 Å². The highest BCUT2D eigenvalue weighted by molar-refractivity contribution is 5.93. The van der Waals surface area contributed by atoms with E-state index in [-0.39, 0.29) is 5.91 Å². The van der Waals surface area contributed by atoms with Gasteiger partial charge >= 0.3 is 11.9 Å². The van der Waals surface area contributed by atoms with Crippen LogP contribution in [0.2, 0.25) is 0 Å². The molecular weight excluding hydrogens is 432 g/mol. The second-order valence-electron chi connectivity index (χ2n) is 7.17. The molecule has 184 valence electrons. The molecule has 0 aromatic heterocycles. The highest BCUT2D eigenvalue weighted by Gasteiger charge is 2.19. The Morgan fingerprint density at radius 1 is 0.848 bits per heavy atom. The summed E-state index contributed by atoms with van der Waals surface area (Å²) >= 11 is 0. The largest absolute Gasteiger partial charge is 0.478 e. The van der Waals surface area contributed by atoms with Crippen molar-refractivity contribution in [3.63, 3.8) is 0 Å². The Morgan fingerprint density at radius 3 is 2.00 bits per heavy atom. The molecule has 0 bridgehead atoms. The minimum absolute atomic E-state index is 0.284. The lowest BCUT2D eigenvalue weighted by molar-refractivity contribution is -0.132. The zero-order valence-electron chi connectivity index (χ0n) is 18.8. The van der Waals surface area contributed by atoms with Crippen molar-refractivity contribution < 1.29 is 34.2 Å². The van der Waals surface area contributed by atoms with Gasteiger partial charge in [0.25, 0.3) is 0 Å². The van der Waals surface area contributed by atoms with Crippen molar-refractivity contribution >= 4 is 30.0 Å². The zero-order valence-corrected chi connectivity index (χ0v) is 18.8. The van der Waals surface area contributed by atoms with E-state index in [2.05, 4.69) is 27.8 Å². The summed E-state index contributed by atoms with van der Waals surface area (Å²) in [5, 5.41) is 28.2. The Labute approximate surface area is 193 Å². The number of carboxylic acids is 2. The Bertz CT molecular complexity index is 734. The third-order valence-corrected chi connectivity index (χ3v) is 4.47. The van der Waals surface area contributed by atoms with Gasteiger partial charge in [0.1, 0.15) is 6.29 Å². The maximum atomic E-state index is 12.4. The van der Waals surface area contributed by atoms with Gasteiger partial charge in [-0.25, -0.2) is 9.59 Å². The van der Waals surface area contributed by atoms with E-state index in [1.165, 1.54) is 6.08 Å². The van der Waals surface area contributed by atoms with Gasteiger partial charge in [-0.05, 0) is 51.6 Å². The summed E-state index contributed by atoms with van der Waals surface area (Å²) in [5.41, 5.74) is 0.478. The average molecular weight is 467 g/mol. The number of nitrogens with one attached hydrogen (secondary N) is 4. The predicted molar refractivity (Wildman–Crippen MR) is 122 cm³/mol. The maximum Gasteiger partial charge on any atom is 0.328 e. The normalized spacial score (nSPS) is 12.8. The molecule has 11 nitrogen and oxygen atoms in total. The molecule has 0 radical (unpaired) electrons. The fourth-order valence-electron chi connectivity index (χ4n) is 2.72. The second-order valence-corrected chi connectivity index (χ2v) is 7.17. The summed E-state index contributed by atoms with van der Waals surface area (Å²) in [4.78, 5) is 55.9. The Morgan fingerprint density at radius 2 is 1.42 bits per heavy atom. The van der Waals surface area contributed by atoms with Crippen molar-refractivity contribution in [1.29, 1.82) is 0 Å². The smallest absolute Gasteiger partial charge is 0.328 e. The molecule has 0 aliphatic carbocycles. The monoisotopic (exact) mass is 466 g/mol. The highest BCUT2D eigenvalue weighted by atomic mass is 16.4. The Balaban J connectivity index is 4.15. The molecule has 11 heteroatoms. The van der Waals surface area contributed by atoms with Crippen molar-refractivity contribution in [2.24, 2.45) is 0 Å². The lowest BCUT2D eigenvalue weighted by Gasteiger charge is -2.19. The van der Waals surface area contributed by atoms with Crippen LogP contribution < -0.4 is 21.3 Å². The molecule has 6 N–H and O–H groups in total. The molecule has 0 rings (SSSR count). The molecule has 0 aromatic rings. The maximum absolute atomic E-state index is 12.4. The number of aliphatic carboxylic acids is 2. The fourth-order valence-corrected chi connectivity index (χ4v) is 2.72. The van der Waals surface area contributed by atoms with Gasteiger partial charge < -0.3 is 36.3 Å². The fraction of sp³-hybridized carbons (Fsp3) is 0.500. The minimum atomic E-state index is -1.20. The summed E-state index contributed by atoms with van der Waals surface area (Å²) in [6.45, 7) is 4.59.